The average Bonchev–Trinajstić information content (AvgIpc) is 3.36. The van der Waals surface area contributed by atoms with Crippen molar-refractivity contribution in [3.05, 3.63) is 59.5 Å². The van der Waals surface area contributed by atoms with E-state index in [2.05, 4.69) is 25.3 Å². The van der Waals surface area contributed by atoms with E-state index in [1.807, 2.05) is 32.0 Å². The highest BCUT2D eigenvalue weighted by molar-refractivity contribution is 7.21. The fraction of sp³-hybridized carbons (Fsp3) is 0.222. The first-order valence-electron chi connectivity index (χ1n) is 11.9. The van der Waals surface area contributed by atoms with Crippen molar-refractivity contribution in [2.24, 2.45) is 0 Å². The number of nitriles is 1. The van der Waals surface area contributed by atoms with E-state index in [4.69, 9.17) is 24.5 Å². The van der Waals surface area contributed by atoms with E-state index in [-0.39, 0.29) is 6.61 Å². The van der Waals surface area contributed by atoms with Crippen molar-refractivity contribution < 1.29 is 19.0 Å². The molecule has 1 N–H and O–H groups in total. The topological polar surface area (TPSA) is 145 Å². The molecule has 0 aliphatic carbocycles. The molecule has 4 aromatic heterocycles. The molecule has 0 spiro atoms. The van der Waals surface area contributed by atoms with E-state index in [1.165, 1.54) is 29.8 Å². The number of rotatable bonds is 7. The Kier molecular flexibility index (Phi) is 7.16. The van der Waals surface area contributed by atoms with Crippen molar-refractivity contribution in [1.82, 2.24) is 24.9 Å². The number of nitrogens with one attached hydrogen (secondary N) is 1. The summed E-state index contributed by atoms with van der Waals surface area (Å²) in [6.07, 6.45) is 3.17. The van der Waals surface area contributed by atoms with Crippen LogP contribution in [0.15, 0.2) is 42.9 Å². The van der Waals surface area contributed by atoms with Crippen LogP contribution in [0.1, 0.15) is 23.6 Å². The third-order valence-electron chi connectivity index (χ3n) is 5.63. The van der Waals surface area contributed by atoms with Crippen molar-refractivity contribution in [3.63, 3.8) is 0 Å². The lowest BCUT2D eigenvalue weighted by Gasteiger charge is -2.14. The van der Waals surface area contributed by atoms with Crippen LogP contribution in [0.4, 0.5) is 10.5 Å². The van der Waals surface area contributed by atoms with Gasteiger partial charge in [0.15, 0.2) is 0 Å². The second kappa shape index (κ2) is 10.8. The van der Waals surface area contributed by atoms with Gasteiger partial charge >= 0.3 is 6.09 Å². The molecule has 4 heterocycles. The van der Waals surface area contributed by atoms with Crippen LogP contribution in [0.5, 0.6) is 11.8 Å². The fourth-order valence-electron chi connectivity index (χ4n) is 3.87. The summed E-state index contributed by atoms with van der Waals surface area (Å²) in [6.45, 7) is 5.73. The maximum atomic E-state index is 12.2. The summed E-state index contributed by atoms with van der Waals surface area (Å²) in [6, 6.07) is 9.26. The Morgan fingerprint density at radius 2 is 1.92 bits per heavy atom. The van der Waals surface area contributed by atoms with E-state index in [9.17, 15) is 4.79 Å². The summed E-state index contributed by atoms with van der Waals surface area (Å²) in [5.74, 6) is 0.846. The number of nitrogens with zero attached hydrogens (tertiary/aromatic N) is 6. The lowest BCUT2D eigenvalue weighted by molar-refractivity contribution is 0.0842. The van der Waals surface area contributed by atoms with Crippen LogP contribution in [0.25, 0.3) is 32.0 Å². The van der Waals surface area contributed by atoms with Gasteiger partial charge in [-0.1, -0.05) is 11.3 Å². The Morgan fingerprint density at radius 1 is 1.08 bits per heavy atom. The number of aromatic nitrogens is 5. The molecule has 1 aromatic carbocycles. The lowest BCUT2D eigenvalue weighted by atomic mass is 10.1. The van der Waals surface area contributed by atoms with Crippen molar-refractivity contribution in [2.75, 3.05) is 19.0 Å². The van der Waals surface area contributed by atoms with Crippen LogP contribution in [-0.2, 0) is 4.74 Å². The van der Waals surface area contributed by atoms with Gasteiger partial charge in [0.25, 0.3) is 0 Å². The molecule has 0 aliphatic heterocycles. The van der Waals surface area contributed by atoms with Crippen molar-refractivity contribution in [2.45, 2.75) is 26.9 Å². The van der Waals surface area contributed by atoms with Gasteiger partial charge in [-0.05, 0) is 50.1 Å². The second-order valence-corrected chi connectivity index (χ2v) is 9.75. The van der Waals surface area contributed by atoms with Gasteiger partial charge in [-0.2, -0.15) is 5.26 Å². The van der Waals surface area contributed by atoms with Gasteiger partial charge in [0.2, 0.25) is 11.8 Å². The number of anilines is 1. The van der Waals surface area contributed by atoms with Crippen molar-refractivity contribution >= 4 is 44.5 Å². The molecule has 5 aromatic rings. The number of benzene rings is 1. The molecule has 1 atom stereocenters. The van der Waals surface area contributed by atoms with Crippen LogP contribution in [0.2, 0.25) is 0 Å². The zero-order valence-electron chi connectivity index (χ0n) is 21.6. The minimum absolute atomic E-state index is 0.0907. The number of ether oxygens (including phenoxy) is 3. The Hall–Kier alpha value is -4.89. The van der Waals surface area contributed by atoms with E-state index >= 15 is 0 Å². The predicted molar refractivity (Wildman–Crippen MR) is 146 cm³/mol. The van der Waals surface area contributed by atoms with Crippen LogP contribution in [-0.4, -0.2) is 50.8 Å². The summed E-state index contributed by atoms with van der Waals surface area (Å²) in [4.78, 5) is 35.4. The highest BCUT2D eigenvalue weighted by Crippen LogP contribution is 2.36. The third kappa shape index (κ3) is 5.68. The van der Waals surface area contributed by atoms with E-state index in [0.717, 1.165) is 38.2 Å². The Morgan fingerprint density at radius 3 is 2.72 bits per heavy atom. The first-order valence-corrected chi connectivity index (χ1v) is 12.7. The largest absolute Gasteiger partial charge is 0.480 e. The van der Waals surface area contributed by atoms with Gasteiger partial charge in [0.05, 0.1) is 41.8 Å². The van der Waals surface area contributed by atoms with Crippen LogP contribution >= 0.6 is 11.3 Å². The molecule has 0 fully saturated rings. The monoisotopic (exact) mass is 541 g/mol. The molecule has 0 radical (unpaired) electrons. The molecule has 0 saturated carbocycles. The quantitative estimate of drug-likeness (QED) is 0.291. The van der Waals surface area contributed by atoms with Crippen molar-refractivity contribution in [1.29, 1.82) is 5.26 Å². The van der Waals surface area contributed by atoms with Gasteiger partial charge < -0.3 is 14.2 Å². The zero-order valence-corrected chi connectivity index (χ0v) is 22.4. The second-order valence-electron chi connectivity index (χ2n) is 8.77. The summed E-state index contributed by atoms with van der Waals surface area (Å²) in [5.41, 5.74) is 5.72. The van der Waals surface area contributed by atoms with Crippen molar-refractivity contribution in [3.8, 4) is 28.4 Å². The lowest BCUT2D eigenvalue weighted by Crippen LogP contribution is -2.25. The van der Waals surface area contributed by atoms with Crippen LogP contribution < -0.4 is 14.8 Å². The summed E-state index contributed by atoms with van der Waals surface area (Å²) in [7, 11) is 1.56. The van der Waals surface area contributed by atoms with Gasteiger partial charge in [-0.3, -0.25) is 10.3 Å². The van der Waals surface area contributed by atoms with Gasteiger partial charge in [0.1, 0.15) is 34.1 Å². The number of hydrogen-bond acceptors (Lipinski definition) is 11. The molecule has 11 nitrogen and oxygen atoms in total. The van der Waals surface area contributed by atoms with Gasteiger partial charge in [0, 0.05) is 17.8 Å². The maximum Gasteiger partial charge on any atom is 0.412 e. The highest BCUT2D eigenvalue weighted by atomic mass is 32.1. The number of aryl methyl sites for hydroxylation is 2. The number of hydrogen-bond donors (Lipinski definition) is 1. The number of amides is 1. The summed E-state index contributed by atoms with van der Waals surface area (Å²) < 4.78 is 16.4. The Bertz CT molecular complexity index is 1750. The average molecular weight is 542 g/mol. The molecule has 0 unspecified atom stereocenters. The van der Waals surface area contributed by atoms with Gasteiger partial charge in [-0.25, -0.2) is 24.7 Å². The standard InChI is InChI=1S/C27H23N7O4S/c1-14-5-19(24-20(6-14)32-22(36-4)12-30-24)25-34-23-15(2)7-21(33-26(23)39-25)37-13-16(3)38-27(35)31-18-8-17(9-28)10-29-11-18/h5-8,10-12,16H,13H2,1-4H3,(H,31,35)/t16-/m1/s1. The number of pyridine rings is 2. The molecular formula is C27H23N7O4S. The minimum Gasteiger partial charge on any atom is -0.480 e. The zero-order chi connectivity index (χ0) is 27.5. The number of methoxy groups -OCH3 is 1. The molecular weight excluding hydrogens is 518 g/mol. The molecule has 0 bridgehead atoms. The maximum absolute atomic E-state index is 12.2. The molecule has 196 valence electrons. The number of thiazole rings is 1. The molecule has 0 saturated heterocycles. The molecule has 12 heteroatoms. The van der Waals surface area contributed by atoms with Gasteiger partial charge in [-0.15, -0.1) is 0 Å². The molecule has 1 amide bonds. The number of carbonyl (C=O) groups excluding carboxylic acids is 1. The summed E-state index contributed by atoms with van der Waals surface area (Å²) in [5, 5.41) is 12.3. The van der Waals surface area contributed by atoms with E-state index in [0.29, 0.717) is 27.8 Å². The van der Waals surface area contributed by atoms with Crippen LogP contribution in [0, 0.1) is 25.2 Å². The predicted octanol–water partition coefficient (Wildman–Crippen LogP) is 5.21. The van der Waals surface area contributed by atoms with E-state index < -0.39 is 12.2 Å². The minimum atomic E-state index is -0.680. The Balaban J connectivity index is 1.31. The third-order valence-corrected chi connectivity index (χ3v) is 6.61. The van der Waals surface area contributed by atoms with Crippen LogP contribution in [0.3, 0.4) is 0 Å². The molecule has 39 heavy (non-hydrogen) atoms. The number of fused-ring (bicyclic) bond motifs is 2. The first kappa shape index (κ1) is 25.7. The Labute approximate surface area is 227 Å². The fourth-order valence-corrected chi connectivity index (χ4v) is 4.89. The SMILES string of the molecule is COc1cnc2c(-c3nc4c(C)cc(OC[C@@H](C)OC(=O)Nc5cncc(C#N)c5)nc4s3)cc(C)cc2n1. The highest BCUT2D eigenvalue weighted by Gasteiger charge is 2.17. The summed E-state index contributed by atoms with van der Waals surface area (Å²) >= 11 is 1.44. The number of carbonyl (C=O) groups is 1. The molecule has 0 aliphatic rings. The van der Waals surface area contributed by atoms with E-state index in [1.54, 1.807) is 26.3 Å². The first-order chi connectivity index (χ1) is 18.8. The smallest absolute Gasteiger partial charge is 0.412 e. The normalized spacial score (nSPS) is 11.7. The molecule has 5 rings (SSSR count).